The van der Waals surface area contributed by atoms with Gasteiger partial charge in [-0.25, -0.2) is 4.79 Å². The average Bonchev–Trinajstić information content (AvgIpc) is 3.08. The molecule has 1 aromatic carbocycles. The summed E-state index contributed by atoms with van der Waals surface area (Å²) in [7, 11) is 0. The molecule has 25 heavy (non-hydrogen) atoms. The van der Waals surface area contributed by atoms with Gasteiger partial charge >= 0.3 is 6.03 Å². The second kappa shape index (κ2) is 8.54. The van der Waals surface area contributed by atoms with Gasteiger partial charge in [-0.05, 0) is 49.5 Å². The molecular formula is C19H29N3O3. The van der Waals surface area contributed by atoms with Crippen LogP contribution in [0, 0.1) is 5.92 Å². The normalized spacial score (nSPS) is 24.4. The largest absolute Gasteiger partial charge is 0.508 e. The van der Waals surface area contributed by atoms with E-state index in [4.69, 9.17) is 4.74 Å². The highest BCUT2D eigenvalue weighted by Gasteiger charge is 2.27. The molecule has 2 amide bonds. The Kier molecular flexibility index (Phi) is 6.15. The number of phenols is 1. The summed E-state index contributed by atoms with van der Waals surface area (Å²) in [5, 5.41) is 12.7. The van der Waals surface area contributed by atoms with Gasteiger partial charge in [-0.15, -0.1) is 0 Å². The number of morpholine rings is 1. The van der Waals surface area contributed by atoms with Crippen molar-refractivity contribution in [3.63, 3.8) is 0 Å². The van der Waals surface area contributed by atoms with Crippen molar-refractivity contribution in [2.45, 2.75) is 25.9 Å². The molecule has 6 nitrogen and oxygen atoms in total. The second-order valence-corrected chi connectivity index (χ2v) is 7.04. The molecule has 2 aliphatic heterocycles. The van der Waals surface area contributed by atoms with Gasteiger partial charge in [-0.2, -0.15) is 0 Å². The molecule has 0 spiro atoms. The van der Waals surface area contributed by atoms with Crippen molar-refractivity contribution in [3.8, 4) is 5.75 Å². The van der Waals surface area contributed by atoms with Crippen LogP contribution < -0.4 is 5.32 Å². The van der Waals surface area contributed by atoms with E-state index in [9.17, 15) is 9.90 Å². The number of aromatic hydroxyl groups is 1. The predicted octanol–water partition coefficient (Wildman–Crippen LogP) is 2.21. The first kappa shape index (κ1) is 18.0. The van der Waals surface area contributed by atoms with E-state index in [1.807, 2.05) is 11.0 Å². The number of ether oxygens (including phenoxy) is 1. The van der Waals surface area contributed by atoms with Gasteiger partial charge in [-0.1, -0.05) is 19.1 Å². The van der Waals surface area contributed by atoms with Crippen molar-refractivity contribution in [1.29, 1.82) is 0 Å². The fraction of sp³-hybridized carbons (Fsp3) is 0.632. The fourth-order valence-electron chi connectivity index (χ4n) is 3.70. The standard InChI is InChI=1S/C19H29N3O3/c1-2-7-21-8-6-15(13-21)12-20-19(24)22-9-10-25-18(14-22)16-4-3-5-17(23)11-16/h3-5,11,15,18,23H,2,6-10,12-14H2,1H3,(H,20,24). The zero-order valence-corrected chi connectivity index (χ0v) is 15.0. The molecule has 0 radical (unpaired) electrons. The Morgan fingerprint density at radius 2 is 2.24 bits per heavy atom. The molecule has 138 valence electrons. The zero-order valence-electron chi connectivity index (χ0n) is 15.0. The number of hydrogen-bond acceptors (Lipinski definition) is 4. The third-order valence-electron chi connectivity index (χ3n) is 5.05. The molecule has 2 heterocycles. The first-order valence-electron chi connectivity index (χ1n) is 9.31. The zero-order chi connectivity index (χ0) is 17.6. The molecule has 2 atom stereocenters. The molecule has 0 saturated carbocycles. The maximum Gasteiger partial charge on any atom is 0.317 e. The third kappa shape index (κ3) is 4.86. The van der Waals surface area contributed by atoms with Crippen molar-refractivity contribution in [3.05, 3.63) is 29.8 Å². The molecule has 0 aliphatic carbocycles. The van der Waals surface area contributed by atoms with Gasteiger partial charge in [0.1, 0.15) is 11.9 Å². The summed E-state index contributed by atoms with van der Waals surface area (Å²) in [5.74, 6) is 0.777. The molecule has 6 heteroatoms. The molecule has 3 rings (SSSR count). The van der Waals surface area contributed by atoms with Crippen LogP contribution in [0.5, 0.6) is 5.75 Å². The summed E-state index contributed by atoms with van der Waals surface area (Å²) >= 11 is 0. The van der Waals surface area contributed by atoms with Crippen molar-refractivity contribution >= 4 is 6.03 Å². The molecule has 2 N–H and O–H groups in total. The topological polar surface area (TPSA) is 65.0 Å². The first-order valence-corrected chi connectivity index (χ1v) is 9.31. The maximum absolute atomic E-state index is 12.5. The summed E-state index contributed by atoms with van der Waals surface area (Å²) < 4.78 is 5.78. The van der Waals surface area contributed by atoms with Crippen LogP contribution in [0.1, 0.15) is 31.4 Å². The summed E-state index contributed by atoms with van der Waals surface area (Å²) in [5.41, 5.74) is 0.906. The minimum atomic E-state index is -0.182. The highest BCUT2D eigenvalue weighted by molar-refractivity contribution is 5.74. The summed E-state index contributed by atoms with van der Waals surface area (Å²) in [6, 6.07) is 7.05. The van der Waals surface area contributed by atoms with Crippen molar-refractivity contribution in [2.75, 3.05) is 45.9 Å². The number of phenolic OH excluding ortho intramolecular Hbond substituents is 1. The fourth-order valence-corrected chi connectivity index (χ4v) is 3.70. The molecule has 2 fully saturated rings. The van der Waals surface area contributed by atoms with Gasteiger partial charge in [-0.3, -0.25) is 0 Å². The van der Waals surface area contributed by atoms with Crippen LogP contribution in [0.25, 0.3) is 0 Å². The van der Waals surface area contributed by atoms with Crippen LogP contribution in [0.4, 0.5) is 4.79 Å². The van der Waals surface area contributed by atoms with E-state index in [-0.39, 0.29) is 17.9 Å². The summed E-state index contributed by atoms with van der Waals surface area (Å²) in [6.45, 7) is 7.97. The molecule has 1 aromatic rings. The van der Waals surface area contributed by atoms with Crippen molar-refractivity contribution in [2.24, 2.45) is 5.92 Å². The van der Waals surface area contributed by atoms with Gasteiger partial charge in [0, 0.05) is 19.6 Å². The number of carbonyl (C=O) groups is 1. The average molecular weight is 347 g/mol. The second-order valence-electron chi connectivity index (χ2n) is 7.04. The first-order chi connectivity index (χ1) is 12.2. The third-order valence-corrected chi connectivity index (χ3v) is 5.05. The minimum Gasteiger partial charge on any atom is -0.508 e. The molecular weight excluding hydrogens is 318 g/mol. The van der Waals surface area contributed by atoms with E-state index < -0.39 is 0 Å². The van der Waals surface area contributed by atoms with Crippen LogP contribution in [0.2, 0.25) is 0 Å². The number of carbonyl (C=O) groups excluding carboxylic acids is 1. The lowest BCUT2D eigenvalue weighted by Gasteiger charge is -2.33. The Morgan fingerprint density at radius 1 is 1.36 bits per heavy atom. The highest BCUT2D eigenvalue weighted by atomic mass is 16.5. The number of rotatable bonds is 5. The highest BCUT2D eigenvalue weighted by Crippen LogP contribution is 2.25. The molecule has 0 bridgehead atoms. The Balaban J connectivity index is 1.47. The minimum absolute atomic E-state index is 0.0117. The predicted molar refractivity (Wildman–Crippen MR) is 96.6 cm³/mol. The smallest absolute Gasteiger partial charge is 0.317 e. The number of benzene rings is 1. The molecule has 2 aliphatic rings. The monoisotopic (exact) mass is 347 g/mol. The lowest BCUT2D eigenvalue weighted by atomic mass is 10.1. The van der Waals surface area contributed by atoms with E-state index in [2.05, 4.69) is 17.1 Å². The molecule has 0 aromatic heterocycles. The van der Waals surface area contributed by atoms with Crippen LogP contribution in [0.3, 0.4) is 0 Å². The van der Waals surface area contributed by atoms with Crippen LogP contribution in [0.15, 0.2) is 24.3 Å². The summed E-state index contributed by atoms with van der Waals surface area (Å²) in [4.78, 5) is 16.8. The molecule has 2 unspecified atom stereocenters. The molecule has 2 saturated heterocycles. The van der Waals surface area contributed by atoms with Gasteiger partial charge in [0.15, 0.2) is 0 Å². The lowest BCUT2D eigenvalue weighted by molar-refractivity contribution is -0.0155. The Morgan fingerprint density at radius 3 is 3.04 bits per heavy atom. The number of hydrogen-bond donors (Lipinski definition) is 2. The number of nitrogens with one attached hydrogen (secondary N) is 1. The van der Waals surface area contributed by atoms with Gasteiger partial charge in [0.05, 0.1) is 13.2 Å². The van der Waals surface area contributed by atoms with Crippen LogP contribution in [-0.4, -0.2) is 66.8 Å². The van der Waals surface area contributed by atoms with Gasteiger partial charge in [0.25, 0.3) is 0 Å². The van der Waals surface area contributed by atoms with Crippen LogP contribution in [-0.2, 0) is 4.74 Å². The Hall–Kier alpha value is -1.79. The van der Waals surface area contributed by atoms with Crippen molar-refractivity contribution < 1.29 is 14.6 Å². The van der Waals surface area contributed by atoms with E-state index in [0.717, 1.165) is 38.2 Å². The van der Waals surface area contributed by atoms with E-state index in [0.29, 0.717) is 25.6 Å². The number of urea groups is 1. The maximum atomic E-state index is 12.5. The Bertz CT molecular complexity index is 581. The quantitative estimate of drug-likeness (QED) is 0.857. The number of likely N-dealkylation sites (tertiary alicyclic amines) is 1. The van der Waals surface area contributed by atoms with Crippen molar-refractivity contribution in [1.82, 2.24) is 15.1 Å². The SMILES string of the molecule is CCCN1CCC(CNC(=O)N2CCOC(c3cccc(O)c3)C2)C1. The van der Waals surface area contributed by atoms with E-state index >= 15 is 0 Å². The number of nitrogens with zero attached hydrogens (tertiary/aromatic N) is 2. The number of amides is 2. The Labute approximate surface area is 149 Å². The van der Waals surface area contributed by atoms with Gasteiger partial charge in [0.2, 0.25) is 0 Å². The lowest BCUT2D eigenvalue weighted by Crippen LogP contribution is -2.48. The van der Waals surface area contributed by atoms with E-state index in [1.165, 1.54) is 6.42 Å². The van der Waals surface area contributed by atoms with E-state index in [1.54, 1.807) is 18.2 Å². The van der Waals surface area contributed by atoms with Crippen LogP contribution >= 0.6 is 0 Å². The summed E-state index contributed by atoms with van der Waals surface area (Å²) in [6.07, 6.45) is 2.16. The van der Waals surface area contributed by atoms with Gasteiger partial charge < -0.3 is 25.0 Å².